The van der Waals surface area contributed by atoms with Crippen molar-refractivity contribution in [2.75, 3.05) is 0 Å². The van der Waals surface area contributed by atoms with Gasteiger partial charge in [-0.3, -0.25) is 9.97 Å². The van der Waals surface area contributed by atoms with Gasteiger partial charge in [0.05, 0.1) is 5.52 Å². The molecule has 0 saturated carbocycles. The van der Waals surface area contributed by atoms with Gasteiger partial charge in [0.25, 0.3) is 0 Å². The number of pyridine rings is 1. The van der Waals surface area contributed by atoms with Crippen molar-refractivity contribution in [2.24, 2.45) is 0 Å². The zero-order chi connectivity index (χ0) is 8.67. The molecule has 0 amide bonds. The molecule has 0 unspecified atom stereocenters. The number of H-pyrrole nitrogens is 1. The molecule has 0 aromatic carbocycles. The molecular weight excluding hydrogens is 164 g/mol. The Hall–Kier alpha value is -1.97. The number of nitrogens with zero attached hydrogens (tertiary/aromatic N) is 3. The summed E-state index contributed by atoms with van der Waals surface area (Å²) in [6, 6.07) is 1.92. The molecule has 3 rings (SSSR count). The van der Waals surface area contributed by atoms with E-state index in [1.807, 2.05) is 6.07 Å². The van der Waals surface area contributed by atoms with Gasteiger partial charge in [-0.05, 0) is 6.07 Å². The topological polar surface area (TPSA) is 54.5 Å². The maximum atomic E-state index is 4.24. The lowest BCUT2D eigenvalue weighted by atomic mass is 10.3. The number of rotatable bonds is 0. The van der Waals surface area contributed by atoms with Gasteiger partial charge in [-0.15, -0.1) is 0 Å². The molecular formula is C9H6N4. The second-order valence-corrected chi connectivity index (χ2v) is 2.80. The normalized spacial score (nSPS) is 11.1. The van der Waals surface area contributed by atoms with Crippen LogP contribution in [0.1, 0.15) is 0 Å². The lowest BCUT2D eigenvalue weighted by Gasteiger charge is -1.85. The van der Waals surface area contributed by atoms with E-state index in [1.165, 1.54) is 0 Å². The Morgan fingerprint density at radius 2 is 2.00 bits per heavy atom. The van der Waals surface area contributed by atoms with Crippen LogP contribution in [0.15, 0.2) is 30.9 Å². The van der Waals surface area contributed by atoms with Gasteiger partial charge in [-0.1, -0.05) is 0 Å². The number of aromatic nitrogens is 4. The first-order chi connectivity index (χ1) is 6.45. The fraction of sp³-hybridized carbons (Fsp3) is 0. The van der Waals surface area contributed by atoms with Crippen molar-refractivity contribution in [1.29, 1.82) is 0 Å². The van der Waals surface area contributed by atoms with Gasteiger partial charge < -0.3 is 4.98 Å². The summed E-state index contributed by atoms with van der Waals surface area (Å²) in [5, 5.41) is 1.02. The number of hydrogen-bond acceptors (Lipinski definition) is 3. The van der Waals surface area contributed by atoms with Crippen molar-refractivity contribution in [3.05, 3.63) is 30.9 Å². The van der Waals surface area contributed by atoms with E-state index in [2.05, 4.69) is 19.9 Å². The highest BCUT2D eigenvalue weighted by Gasteiger charge is 2.03. The number of fused-ring (bicyclic) bond motifs is 3. The summed E-state index contributed by atoms with van der Waals surface area (Å²) < 4.78 is 0. The molecule has 3 aromatic rings. The van der Waals surface area contributed by atoms with E-state index >= 15 is 0 Å². The third-order valence-corrected chi connectivity index (χ3v) is 2.03. The van der Waals surface area contributed by atoms with Crippen LogP contribution in [-0.2, 0) is 0 Å². The minimum atomic E-state index is 0.811. The Labute approximate surface area is 73.7 Å². The van der Waals surface area contributed by atoms with Gasteiger partial charge in [0, 0.05) is 30.2 Å². The highest BCUT2D eigenvalue weighted by molar-refractivity contribution is 6.02. The molecule has 0 radical (unpaired) electrons. The van der Waals surface area contributed by atoms with Gasteiger partial charge >= 0.3 is 0 Å². The second-order valence-electron chi connectivity index (χ2n) is 2.80. The minimum Gasteiger partial charge on any atom is -0.338 e. The fourth-order valence-corrected chi connectivity index (χ4v) is 1.45. The van der Waals surface area contributed by atoms with Crippen LogP contribution in [0.5, 0.6) is 0 Å². The zero-order valence-electron chi connectivity index (χ0n) is 6.73. The Bertz CT molecular complexity index is 519. The summed E-state index contributed by atoms with van der Waals surface area (Å²) in [7, 11) is 0. The first kappa shape index (κ1) is 6.54. The van der Waals surface area contributed by atoms with Crippen LogP contribution in [0.2, 0.25) is 0 Å². The Kier molecular flexibility index (Phi) is 1.14. The zero-order valence-corrected chi connectivity index (χ0v) is 6.73. The van der Waals surface area contributed by atoms with Crippen LogP contribution in [0.25, 0.3) is 22.1 Å². The molecule has 0 aliphatic carbocycles. The van der Waals surface area contributed by atoms with E-state index in [0.29, 0.717) is 0 Å². The van der Waals surface area contributed by atoms with Crippen LogP contribution < -0.4 is 0 Å². The summed E-state index contributed by atoms with van der Waals surface area (Å²) in [5.74, 6) is 0. The fourth-order valence-electron chi connectivity index (χ4n) is 1.45. The molecule has 0 aliphatic heterocycles. The van der Waals surface area contributed by atoms with Crippen molar-refractivity contribution in [1.82, 2.24) is 19.9 Å². The number of aromatic amines is 1. The summed E-state index contributed by atoms with van der Waals surface area (Å²) in [5.41, 5.74) is 2.72. The van der Waals surface area contributed by atoms with Crippen LogP contribution >= 0.6 is 0 Å². The molecule has 4 nitrogen and oxygen atoms in total. The van der Waals surface area contributed by atoms with Crippen molar-refractivity contribution in [3.63, 3.8) is 0 Å². The molecule has 0 spiro atoms. The summed E-state index contributed by atoms with van der Waals surface area (Å²) in [6.45, 7) is 0. The van der Waals surface area contributed by atoms with Crippen molar-refractivity contribution in [3.8, 4) is 0 Å². The Morgan fingerprint density at radius 1 is 1.08 bits per heavy atom. The van der Waals surface area contributed by atoms with E-state index in [-0.39, 0.29) is 0 Å². The molecule has 0 atom stereocenters. The number of nitrogens with one attached hydrogen (secondary N) is 1. The number of hydrogen-bond donors (Lipinski definition) is 1. The molecule has 3 aromatic heterocycles. The predicted octanol–water partition coefficient (Wildman–Crippen LogP) is 1.51. The maximum Gasteiger partial charge on any atom is 0.157 e. The Morgan fingerprint density at radius 3 is 3.00 bits per heavy atom. The molecule has 0 fully saturated rings. The van der Waals surface area contributed by atoms with E-state index in [9.17, 15) is 0 Å². The summed E-state index contributed by atoms with van der Waals surface area (Å²) >= 11 is 0. The van der Waals surface area contributed by atoms with Crippen LogP contribution in [0.3, 0.4) is 0 Å². The van der Waals surface area contributed by atoms with Crippen molar-refractivity contribution < 1.29 is 0 Å². The largest absolute Gasteiger partial charge is 0.338 e. The monoisotopic (exact) mass is 170 g/mol. The first-order valence-corrected chi connectivity index (χ1v) is 3.97. The van der Waals surface area contributed by atoms with Crippen molar-refractivity contribution >= 4 is 22.1 Å². The van der Waals surface area contributed by atoms with Gasteiger partial charge in [-0.25, -0.2) is 4.98 Å². The van der Waals surface area contributed by atoms with Gasteiger partial charge in [-0.2, -0.15) is 0 Å². The van der Waals surface area contributed by atoms with Gasteiger partial charge in [0.2, 0.25) is 0 Å². The molecule has 62 valence electrons. The molecule has 0 saturated heterocycles. The summed E-state index contributed by atoms with van der Waals surface area (Å²) in [4.78, 5) is 15.6. The van der Waals surface area contributed by atoms with Crippen LogP contribution in [0, 0.1) is 0 Å². The summed E-state index contributed by atoms with van der Waals surface area (Å²) in [6.07, 6.45) is 6.90. The Balaban J connectivity index is 2.64. The van der Waals surface area contributed by atoms with Crippen LogP contribution in [-0.4, -0.2) is 19.9 Å². The van der Waals surface area contributed by atoms with E-state index in [4.69, 9.17) is 0 Å². The minimum absolute atomic E-state index is 0.811. The average Bonchev–Trinajstić information content (AvgIpc) is 2.56. The molecule has 3 heterocycles. The average molecular weight is 170 g/mol. The van der Waals surface area contributed by atoms with E-state index in [1.54, 1.807) is 24.8 Å². The molecule has 13 heavy (non-hydrogen) atoms. The van der Waals surface area contributed by atoms with Gasteiger partial charge in [0.15, 0.2) is 5.65 Å². The highest BCUT2D eigenvalue weighted by atomic mass is 14.9. The lowest BCUT2D eigenvalue weighted by Crippen LogP contribution is -1.76. The first-order valence-electron chi connectivity index (χ1n) is 3.97. The van der Waals surface area contributed by atoms with Crippen molar-refractivity contribution in [2.45, 2.75) is 0 Å². The third-order valence-electron chi connectivity index (χ3n) is 2.03. The molecule has 0 aliphatic rings. The molecule has 4 heteroatoms. The predicted molar refractivity (Wildman–Crippen MR) is 49.2 cm³/mol. The standard InChI is InChI=1S/C9H6N4/c1-2-10-5-6-7(1)13-9-8(6)11-3-4-12-9/h1-5H,(H,12,13). The molecule has 0 bridgehead atoms. The third kappa shape index (κ3) is 0.823. The second kappa shape index (κ2) is 2.26. The maximum absolute atomic E-state index is 4.24. The SMILES string of the molecule is c1cc2[nH]c3nccnc3c2cn1. The smallest absolute Gasteiger partial charge is 0.157 e. The highest BCUT2D eigenvalue weighted by Crippen LogP contribution is 2.19. The van der Waals surface area contributed by atoms with Gasteiger partial charge in [0.1, 0.15) is 5.52 Å². The van der Waals surface area contributed by atoms with E-state index in [0.717, 1.165) is 22.1 Å². The quantitative estimate of drug-likeness (QED) is 0.556. The lowest BCUT2D eigenvalue weighted by molar-refractivity contribution is 1.27. The molecule has 1 N–H and O–H groups in total. The van der Waals surface area contributed by atoms with Crippen LogP contribution in [0.4, 0.5) is 0 Å². The van der Waals surface area contributed by atoms with E-state index < -0.39 is 0 Å².